The summed E-state index contributed by atoms with van der Waals surface area (Å²) >= 11 is 13.6. The highest BCUT2D eigenvalue weighted by Gasteiger charge is 2.31. The number of carbonyl (C=O) groups is 3. The first-order valence-electron chi connectivity index (χ1n) is 12.8. The molecule has 0 bridgehead atoms. The second-order valence-corrected chi connectivity index (χ2v) is 12.7. The largest absolute Gasteiger partial charge is 0.495 e. The highest BCUT2D eigenvalue weighted by molar-refractivity contribution is 7.14. The number of nitrogens with one attached hydrogen (secondary N) is 1. The van der Waals surface area contributed by atoms with Gasteiger partial charge in [-0.15, -0.1) is 11.3 Å². The standard InChI is InChI=1S/C30H34Cl2N2O5S/c1-17(2)15-34(29(38)30(3,4)5)23-14-19(10-11-24(23)39-6)20(28(36)37)12-18-13-25(40-16-18)33-27(35)26-21(31)8-7-9-22(26)32/h7-11,13-14,16-17,20H,12,15H2,1-6H3,(H,33,35)(H,36,37). The van der Waals surface area contributed by atoms with Gasteiger partial charge in [0.15, 0.2) is 0 Å². The number of methoxy groups -OCH3 is 1. The third-order valence-electron chi connectivity index (χ3n) is 6.15. The maximum Gasteiger partial charge on any atom is 0.311 e. The van der Waals surface area contributed by atoms with Crippen LogP contribution in [0.25, 0.3) is 0 Å². The van der Waals surface area contributed by atoms with E-state index in [1.54, 1.807) is 52.7 Å². The van der Waals surface area contributed by atoms with Crippen molar-refractivity contribution in [3.63, 3.8) is 0 Å². The lowest BCUT2D eigenvalue weighted by atomic mass is 9.91. The van der Waals surface area contributed by atoms with E-state index in [1.165, 1.54) is 18.4 Å². The van der Waals surface area contributed by atoms with E-state index in [9.17, 15) is 19.5 Å². The lowest BCUT2D eigenvalue weighted by Crippen LogP contribution is -2.42. The molecular formula is C30H34Cl2N2O5S. The van der Waals surface area contributed by atoms with Gasteiger partial charge in [-0.25, -0.2) is 0 Å². The molecule has 2 N–H and O–H groups in total. The van der Waals surface area contributed by atoms with E-state index < -0.39 is 23.2 Å². The molecule has 0 spiro atoms. The number of nitrogens with zero attached hydrogens (tertiary/aromatic N) is 1. The molecule has 40 heavy (non-hydrogen) atoms. The van der Waals surface area contributed by atoms with Gasteiger partial charge in [0.25, 0.3) is 5.91 Å². The lowest BCUT2D eigenvalue weighted by Gasteiger charge is -2.32. The molecule has 7 nitrogen and oxygen atoms in total. The Balaban J connectivity index is 1.91. The number of benzene rings is 2. The van der Waals surface area contributed by atoms with Gasteiger partial charge in [0, 0.05) is 12.0 Å². The molecule has 0 fully saturated rings. The highest BCUT2D eigenvalue weighted by Crippen LogP contribution is 2.37. The van der Waals surface area contributed by atoms with Crippen molar-refractivity contribution in [3.05, 3.63) is 74.6 Å². The summed E-state index contributed by atoms with van der Waals surface area (Å²) < 4.78 is 5.58. The van der Waals surface area contributed by atoms with Crippen molar-refractivity contribution < 1.29 is 24.2 Å². The second kappa shape index (κ2) is 13.1. The zero-order chi connectivity index (χ0) is 29.8. The summed E-state index contributed by atoms with van der Waals surface area (Å²) in [6, 6.07) is 11.7. The van der Waals surface area contributed by atoms with Crippen LogP contribution in [0.5, 0.6) is 5.75 Å². The molecule has 0 aliphatic heterocycles. The van der Waals surface area contributed by atoms with Crippen molar-refractivity contribution in [2.75, 3.05) is 23.9 Å². The number of carboxylic acids is 1. The monoisotopic (exact) mass is 604 g/mol. The van der Waals surface area contributed by atoms with Crippen LogP contribution in [0.4, 0.5) is 10.7 Å². The van der Waals surface area contributed by atoms with Crippen molar-refractivity contribution in [2.45, 2.75) is 47.0 Å². The van der Waals surface area contributed by atoms with Crippen LogP contribution >= 0.6 is 34.5 Å². The van der Waals surface area contributed by atoms with E-state index in [4.69, 9.17) is 27.9 Å². The fourth-order valence-corrected chi connectivity index (χ4v) is 5.60. The molecule has 3 aromatic rings. The maximum absolute atomic E-state index is 13.4. The summed E-state index contributed by atoms with van der Waals surface area (Å²) in [4.78, 5) is 40.3. The summed E-state index contributed by atoms with van der Waals surface area (Å²) in [6.07, 6.45) is 0.178. The molecule has 1 heterocycles. The zero-order valence-corrected chi connectivity index (χ0v) is 25.7. The number of hydrogen-bond donors (Lipinski definition) is 2. The number of rotatable bonds is 10. The molecule has 0 radical (unpaired) electrons. The van der Waals surface area contributed by atoms with Gasteiger partial charge in [-0.2, -0.15) is 0 Å². The molecule has 214 valence electrons. The van der Waals surface area contributed by atoms with Crippen LogP contribution in [0.3, 0.4) is 0 Å². The lowest BCUT2D eigenvalue weighted by molar-refractivity contribution is -0.138. The number of thiophene rings is 1. The fraction of sp³-hybridized carbons (Fsp3) is 0.367. The van der Waals surface area contributed by atoms with Gasteiger partial charge >= 0.3 is 5.97 Å². The maximum atomic E-state index is 13.4. The Morgan fingerprint density at radius 3 is 2.27 bits per heavy atom. The Kier molecular flexibility index (Phi) is 10.3. The molecule has 0 aliphatic rings. The minimum atomic E-state index is -1.01. The van der Waals surface area contributed by atoms with Crippen LogP contribution in [-0.2, 0) is 16.0 Å². The van der Waals surface area contributed by atoms with Crippen molar-refractivity contribution in [3.8, 4) is 5.75 Å². The van der Waals surface area contributed by atoms with Crippen molar-refractivity contribution in [1.82, 2.24) is 0 Å². The molecule has 0 saturated carbocycles. The number of anilines is 2. The summed E-state index contributed by atoms with van der Waals surface area (Å²) in [5.41, 5.74) is 1.34. The van der Waals surface area contributed by atoms with Crippen molar-refractivity contribution in [2.24, 2.45) is 11.3 Å². The first-order valence-corrected chi connectivity index (χ1v) is 14.4. The van der Waals surface area contributed by atoms with Crippen LogP contribution in [0.15, 0.2) is 47.8 Å². The number of halogens is 2. The Labute approximate surface area is 249 Å². The average molecular weight is 606 g/mol. The molecule has 0 aliphatic carbocycles. The molecule has 3 rings (SSSR count). The van der Waals surface area contributed by atoms with Gasteiger partial charge in [-0.05, 0) is 59.2 Å². The highest BCUT2D eigenvalue weighted by atomic mass is 35.5. The van der Waals surface area contributed by atoms with Crippen LogP contribution in [0.2, 0.25) is 10.0 Å². The molecule has 1 atom stereocenters. The summed E-state index contributed by atoms with van der Waals surface area (Å²) in [6.45, 7) is 10.1. The zero-order valence-electron chi connectivity index (χ0n) is 23.4. The van der Waals surface area contributed by atoms with E-state index in [2.05, 4.69) is 5.32 Å². The van der Waals surface area contributed by atoms with Crippen molar-refractivity contribution >= 4 is 63.0 Å². The quantitative estimate of drug-likeness (QED) is 0.246. The number of ether oxygens (including phenoxy) is 1. The SMILES string of the molecule is COc1ccc(C(Cc2csc(NC(=O)c3c(Cl)cccc3Cl)c2)C(=O)O)cc1N(CC(C)C)C(=O)C(C)(C)C. The Bertz CT molecular complexity index is 1380. The molecule has 1 aromatic heterocycles. The van der Waals surface area contributed by atoms with Gasteiger partial charge in [0.1, 0.15) is 5.75 Å². The normalized spacial score (nSPS) is 12.2. The summed E-state index contributed by atoms with van der Waals surface area (Å²) in [5, 5.41) is 15.8. The van der Waals surface area contributed by atoms with E-state index in [1.807, 2.05) is 34.6 Å². The van der Waals surface area contributed by atoms with Gasteiger partial charge in [-0.1, -0.05) is 70.0 Å². The predicted molar refractivity (Wildman–Crippen MR) is 162 cm³/mol. The van der Waals surface area contributed by atoms with Crippen LogP contribution in [0.1, 0.15) is 62.0 Å². The van der Waals surface area contributed by atoms with E-state index in [-0.39, 0.29) is 33.9 Å². The van der Waals surface area contributed by atoms with Crippen molar-refractivity contribution in [1.29, 1.82) is 0 Å². The topological polar surface area (TPSA) is 95.9 Å². The minimum absolute atomic E-state index is 0.0830. The van der Waals surface area contributed by atoms with E-state index in [0.29, 0.717) is 28.5 Å². The van der Waals surface area contributed by atoms with Gasteiger partial charge < -0.3 is 20.1 Å². The Hall–Kier alpha value is -3.07. The van der Waals surface area contributed by atoms with E-state index in [0.717, 1.165) is 5.56 Å². The van der Waals surface area contributed by atoms with Crippen LogP contribution in [0, 0.1) is 11.3 Å². The number of amides is 2. The molecular weight excluding hydrogens is 571 g/mol. The first kappa shape index (κ1) is 31.5. The first-order chi connectivity index (χ1) is 18.7. The number of hydrogen-bond acceptors (Lipinski definition) is 5. The average Bonchev–Trinajstić information content (AvgIpc) is 3.31. The molecule has 2 aromatic carbocycles. The fourth-order valence-electron chi connectivity index (χ4n) is 4.22. The minimum Gasteiger partial charge on any atom is -0.495 e. The summed E-state index contributed by atoms with van der Waals surface area (Å²) in [7, 11) is 1.53. The summed E-state index contributed by atoms with van der Waals surface area (Å²) in [5.74, 6) is -1.77. The van der Waals surface area contributed by atoms with Crippen LogP contribution in [-0.4, -0.2) is 36.5 Å². The Morgan fingerprint density at radius 1 is 1.07 bits per heavy atom. The van der Waals surface area contributed by atoms with E-state index >= 15 is 0 Å². The van der Waals surface area contributed by atoms with Gasteiger partial charge in [0.2, 0.25) is 5.91 Å². The smallest absolute Gasteiger partial charge is 0.311 e. The van der Waals surface area contributed by atoms with Crippen LogP contribution < -0.4 is 15.0 Å². The third kappa shape index (κ3) is 7.56. The number of carbonyl (C=O) groups excluding carboxylic acids is 2. The van der Waals surface area contributed by atoms with Gasteiger partial charge in [0.05, 0.1) is 39.3 Å². The molecule has 10 heteroatoms. The molecule has 1 unspecified atom stereocenters. The molecule has 2 amide bonds. The molecule has 0 saturated heterocycles. The number of aliphatic carboxylic acids is 1. The van der Waals surface area contributed by atoms with Gasteiger partial charge in [-0.3, -0.25) is 14.4 Å². The predicted octanol–water partition coefficient (Wildman–Crippen LogP) is 7.76. The Morgan fingerprint density at radius 2 is 1.73 bits per heavy atom. The number of carboxylic acid groups (broad SMARTS) is 1. The third-order valence-corrected chi connectivity index (χ3v) is 7.67. The second-order valence-electron chi connectivity index (χ2n) is 11.0.